The first-order valence-electron chi connectivity index (χ1n) is 6.61. The molecule has 0 atom stereocenters. The van der Waals surface area contributed by atoms with Gasteiger partial charge in [-0.15, -0.1) is 0 Å². The second-order valence-electron chi connectivity index (χ2n) is 5.84. The standard InChI is InChI=1S/C10H16O.C5H10O2/c1-7-5-10(3,4)6-9(11)8(7)2;1-2-3-4-5(6)7/h5-6H2,1-4H3;2-4H2,1H3,(H,6,7). The monoisotopic (exact) mass is 254 g/mol. The molecule has 0 unspecified atom stereocenters. The Balaban J connectivity index is 0.000000360. The van der Waals surface area contributed by atoms with Gasteiger partial charge in [-0.3, -0.25) is 9.59 Å². The van der Waals surface area contributed by atoms with Crippen molar-refractivity contribution in [2.45, 2.75) is 66.7 Å². The third-order valence-electron chi connectivity index (χ3n) is 3.19. The minimum atomic E-state index is -0.693. The zero-order valence-corrected chi connectivity index (χ0v) is 12.3. The van der Waals surface area contributed by atoms with Crippen LogP contribution in [-0.4, -0.2) is 16.9 Å². The number of Topliss-reactive ketones (excluding diaryl/α,β-unsaturated/α-hetero) is 1. The van der Waals surface area contributed by atoms with E-state index in [0.717, 1.165) is 31.3 Å². The first-order valence-corrected chi connectivity index (χ1v) is 6.61. The van der Waals surface area contributed by atoms with Crippen molar-refractivity contribution in [2.24, 2.45) is 5.41 Å². The van der Waals surface area contributed by atoms with E-state index in [4.69, 9.17) is 5.11 Å². The van der Waals surface area contributed by atoms with Crippen molar-refractivity contribution >= 4 is 11.8 Å². The van der Waals surface area contributed by atoms with E-state index in [1.807, 2.05) is 13.8 Å². The molecule has 0 saturated heterocycles. The predicted octanol–water partition coefficient (Wildman–Crippen LogP) is 3.97. The topological polar surface area (TPSA) is 54.4 Å². The van der Waals surface area contributed by atoms with Crippen LogP contribution in [0.1, 0.15) is 66.7 Å². The second-order valence-corrected chi connectivity index (χ2v) is 5.84. The van der Waals surface area contributed by atoms with Crippen LogP contribution < -0.4 is 0 Å². The average molecular weight is 254 g/mol. The van der Waals surface area contributed by atoms with Gasteiger partial charge < -0.3 is 5.11 Å². The minimum absolute atomic E-state index is 0.195. The summed E-state index contributed by atoms with van der Waals surface area (Å²) >= 11 is 0. The zero-order valence-electron chi connectivity index (χ0n) is 12.3. The van der Waals surface area contributed by atoms with E-state index in [2.05, 4.69) is 20.8 Å². The summed E-state index contributed by atoms with van der Waals surface area (Å²) in [5.74, 6) is -0.361. The maximum atomic E-state index is 11.4. The first-order chi connectivity index (χ1) is 8.19. The van der Waals surface area contributed by atoms with Crippen LogP contribution in [0.15, 0.2) is 11.1 Å². The number of carbonyl (C=O) groups is 2. The molecule has 1 rings (SSSR count). The number of ketones is 1. The summed E-state index contributed by atoms with van der Waals surface area (Å²) in [7, 11) is 0. The molecule has 104 valence electrons. The molecule has 0 saturated carbocycles. The third-order valence-corrected chi connectivity index (χ3v) is 3.19. The van der Waals surface area contributed by atoms with E-state index in [0.29, 0.717) is 12.2 Å². The predicted molar refractivity (Wildman–Crippen MR) is 73.6 cm³/mol. The summed E-state index contributed by atoms with van der Waals surface area (Å²) in [5.41, 5.74) is 2.45. The van der Waals surface area contributed by atoms with Gasteiger partial charge in [-0.05, 0) is 37.7 Å². The minimum Gasteiger partial charge on any atom is -0.481 e. The number of hydrogen-bond donors (Lipinski definition) is 1. The summed E-state index contributed by atoms with van der Waals surface area (Å²) in [5, 5.41) is 8.04. The summed E-state index contributed by atoms with van der Waals surface area (Å²) in [6, 6.07) is 0. The van der Waals surface area contributed by atoms with Crippen LogP contribution in [0.5, 0.6) is 0 Å². The molecule has 0 fully saturated rings. The van der Waals surface area contributed by atoms with Crippen molar-refractivity contribution < 1.29 is 14.7 Å². The molecular weight excluding hydrogens is 228 g/mol. The lowest BCUT2D eigenvalue weighted by molar-refractivity contribution is -0.137. The smallest absolute Gasteiger partial charge is 0.303 e. The number of carboxylic acids is 1. The van der Waals surface area contributed by atoms with Crippen molar-refractivity contribution in [1.29, 1.82) is 0 Å². The normalized spacial score (nSPS) is 18.2. The van der Waals surface area contributed by atoms with Crippen molar-refractivity contribution in [3.8, 4) is 0 Å². The van der Waals surface area contributed by atoms with Crippen molar-refractivity contribution in [3.05, 3.63) is 11.1 Å². The Kier molecular flexibility index (Phi) is 6.89. The Morgan fingerprint density at radius 2 is 1.83 bits per heavy atom. The van der Waals surface area contributed by atoms with E-state index in [1.54, 1.807) is 0 Å². The molecule has 0 heterocycles. The third kappa shape index (κ3) is 6.58. The summed E-state index contributed by atoms with van der Waals surface area (Å²) in [4.78, 5) is 21.1. The molecule has 0 bridgehead atoms. The van der Waals surface area contributed by atoms with Gasteiger partial charge in [-0.1, -0.05) is 32.8 Å². The molecule has 0 aromatic rings. The fraction of sp³-hybridized carbons (Fsp3) is 0.733. The molecule has 3 nitrogen and oxygen atoms in total. The van der Waals surface area contributed by atoms with Crippen LogP contribution in [0.25, 0.3) is 0 Å². The highest BCUT2D eigenvalue weighted by Crippen LogP contribution is 2.36. The highest BCUT2D eigenvalue weighted by atomic mass is 16.4. The van der Waals surface area contributed by atoms with E-state index in [9.17, 15) is 9.59 Å². The SMILES string of the molecule is CC1=C(C)C(=O)CC(C)(C)C1.CCCCC(=O)O. The fourth-order valence-corrected chi connectivity index (χ4v) is 2.05. The fourth-order valence-electron chi connectivity index (χ4n) is 2.05. The molecule has 0 aromatic carbocycles. The maximum Gasteiger partial charge on any atom is 0.303 e. The molecule has 1 N–H and O–H groups in total. The van der Waals surface area contributed by atoms with Gasteiger partial charge in [0.25, 0.3) is 0 Å². The van der Waals surface area contributed by atoms with E-state index in [1.165, 1.54) is 5.57 Å². The summed E-state index contributed by atoms with van der Waals surface area (Å²) in [6.45, 7) is 10.3. The van der Waals surface area contributed by atoms with Crippen molar-refractivity contribution in [1.82, 2.24) is 0 Å². The molecule has 18 heavy (non-hydrogen) atoms. The lowest BCUT2D eigenvalue weighted by Gasteiger charge is -2.29. The van der Waals surface area contributed by atoms with E-state index >= 15 is 0 Å². The molecular formula is C15H26O3. The first kappa shape index (κ1) is 16.9. The molecule has 0 spiro atoms. The zero-order chi connectivity index (χ0) is 14.3. The molecule has 1 aliphatic carbocycles. The van der Waals surface area contributed by atoms with E-state index < -0.39 is 5.97 Å². The van der Waals surface area contributed by atoms with Crippen LogP contribution in [0.3, 0.4) is 0 Å². The number of aliphatic carboxylic acids is 1. The lowest BCUT2D eigenvalue weighted by atomic mass is 9.74. The second kappa shape index (κ2) is 7.34. The van der Waals surface area contributed by atoms with Crippen LogP contribution in [0.2, 0.25) is 0 Å². The average Bonchev–Trinajstić information content (AvgIpc) is 2.22. The van der Waals surface area contributed by atoms with Gasteiger partial charge in [-0.25, -0.2) is 0 Å². The van der Waals surface area contributed by atoms with Crippen LogP contribution >= 0.6 is 0 Å². The van der Waals surface area contributed by atoms with Crippen LogP contribution in [-0.2, 0) is 9.59 Å². The Bertz CT molecular complexity index is 338. The van der Waals surface area contributed by atoms with Gasteiger partial charge in [0.2, 0.25) is 0 Å². The molecule has 3 heteroatoms. The summed E-state index contributed by atoms with van der Waals surface area (Å²) in [6.07, 6.45) is 3.87. The number of carbonyl (C=O) groups excluding carboxylic acids is 1. The number of hydrogen-bond acceptors (Lipinski definition) is 2. The number of unbranched alkanes of at least 4 members (excludes halogenated alkanes) is 1. The molecule has 0 aromatic heterocycles. The van der Waals surface area contributed by atoms with Gasteiger partial charge in [0.1, 0.15) is 0 Å². The number of rotatable bonds is 3. The van der Waals surface area contributed by atoms with Gasteiger partial charge in [-0.2, -0.15) is 0 Å². The molecule has 0 amide bonds. The number of allylic oxidation sites excluding steroid dienone is 2. The Morgan fingerprint density at radius 1 is 1.28 bits per heavy atom. The van der Waals surface area contributed by atoms with Gasteiger partial charge in [0.15, 0.2) is 5.78 Å². The van der Waals surface area contributed by atoms with E-state index in [-0.39, 0.29) is 5.41 Å². The number of carboxylic acid groups (broad SMARTS) is 1. The largest absolute Gasteiger partial charge is 0.481 e. The maximum absolute atomic E-state index is 11.4. The molecule has 0 radical (unpaired) electrons. The van der Waals surface area contributed by atoms with Crippen molar-refractivity contribution in [3.63, 3.8) is 0 Å². The summed E-state index contributed by atoms with van der Waals surface area (Å²) < 4.78 is 0. The van der Waals surface area contributed by atoms with Crippen LogP contribution in [0, 0.1) is 5.41 Å². The Labute approximate surface area is 110 Å². The van der Waals surface area contributed by atoms with Crippen LogP contribution in [0.4, 0.5) is 0 Å². The molecule has 0 aliphatic heterocycles. The van der Waals surface area contributed by atoms with Gasteiger partial charge >= 0.3 is 5.97 Å². The van der Waals surface area contributed by atoms with Gasteiger partial charge in [0.05, 0.1) is 0 Å². The lowest BCUT2D eigenvalue weighted by Crippen LogP contribution is -2.23. The highest BCUT2D eigenvalue weighted by Gasteiger charge is 2.28. The van der Waals surface area contributed by atoms with Crippen molar-refractivity contribution in [2.75, 3.05) is 0 Å². The quantitative estimate of drug-likeness (QED) is 0.829. The molecule has 1 aliphatic rings. The Morgan fingerprint density at radius 3 is 2.17 bits per heavy atom. The van der Waals surface area contributed by atoms with Gasteiger partial charge in [0, 0.05) is 12.8 Å². The highest BCUT2D eigenvalue weighted by molar-refractivity contribution is 5.96. The Hall–Kier alpha value is -1.12.